The largest absolute Gasteiger partial charge is 0.490 e. The van der Waals surface area contributed by atoms with Crippen molar-refractivity contribution in [3.63, 3.8) is 0 Å². The Morgan fingerprint density at radius 1 is 0.869 bits per heavy atom. The molecule has 5 aromatic rings. The number of carbonyl (C=O) groups is 3. The number of benzene rings is 3. The third kappa shape index (κ3) is 12.8. The Bertz CT molecular complexity index is 3830. The highest BCUT2D eigenvalue weighted by Crippen LogP contribution is 2.66. The molecular weight excluding hydrogens is 1150 g/mol. The van der Waals surface area contributed by atoms with Crippen LogP contribution in [0.2, 0.25) is 0 Å². The maximum Gasteiger partial charge on any atom is 0.490 e. The maximum atomic E-state index is 14.7. The van der Waals surface area contributed by atoms with Gasteiger partial charge in [-0.15, -0.1) is 0 Å². The first-order valence-electron chi connectivity index (χ1n) is 26.9. The molecule has 0 bridgehead atoms. The molecule has 3 amide bonds. The number of hydrogen-bond acceptors (Lipinski definition) is 18. The van der Waals surface area contributed by atoms with Gasteiger partial charge in [0.15, 0.2) is 29.3 Å². The number of aliphatic hydroxyl groups excluding tert-OH is 1. The fraction of sp³-hybridized carbons (Fsp3) is 0.426. The van der Waals surface area contributed by atoms with Gasteiger partial charge in [-0.1, -0.05) is 24.3 Å². The summed E-state index contributed by atoms with van der Waals surface area (Å²) < 4.78 is 69.5. The van der Waals surface area contributed by atoms with Crippen LogP contribution in [0.4, 0.5) is 16.3 Å². The van der Waals surface area contributed by atoms with Crippen molar-refractivity contribution in [2.45, 2.75) is 104 Å². The average molecular weight is 1220 g/mol. The number of likely N-dealkylation sites (N-methyl/N-ethyl adjacent to an activating group) is 2. The number of nitrogens with zero attached hydrogens (tertiary/aromatic N) is 7. The van der Waals surface area contributed by atoms with E-state index in [4.69, 9.17) is 29.7 Å². The zero-order valence-electron chi connectivity index (χ0n) is 47.6. The van der Waals surface area contributed by atoms with E-state index in [9.17, 15) is 43.0 Å². The highest BCUT2D eigenvalue weighted by atomic mass is 31.3. The fourth-order valence-electron chi connectivity index (χ4n) is 11.5. The van der Waals surface area contributed by atoms with Crippen molar-refractivity contribution in [3.8, 4) is 11.5 Å². The number of ether oxygens (including phenoxy) is 3. The molecule has 4 aliphatic heterocycles. The van der Waals surface area contributed by atoms with Crippen LogP contribution < -0.4 is 41.2 Å². The summed E-state index contributed by atoms with van der Waals surface area (Å²) >= 11 is 0. The van der Waals surface area contributed by atoms with E-state index in [1.165, 1.54) is 10.9 Å². The Balaban J connectivity index is 0.860. The normalized spacial score (nSPS) is 20.9. The van der Waals surface area contributed by atoms with Crippen molar-refractivity contribution in [1.29, 1.82) is 0 Å². The van der Waals surface area contributed by atoms with Crippen molar-refractivity contribution < 1.29 is 80.1 Å². The highest BCUT2D eigenvalue weighted by molar-refractivity contribution is 7.66. The van der Waals surface area contributed by atoms with E-state index in [0.29, 0.717) is 17.1 Å². The van der Waals surface area contributed by atoms with Crippen molar-refractivity contribution in [2.75, 3.05) is 57.0 Å². The summed E-state index contributed by atoms with van der Waals surface area (Å²) in [6.45, 7) is 17.8. The molecule has 6 atom stereocenters. The van der Waals surface area contributed by atoms with Gasteiger partial charge in [-0.3, -0.25) is 18.7 Å². The van der Waals surface area contributed by atoms with Crippen molar-refractivity contribution in [3.05, 3.63) is 112 Å². The number of aromatic nitrogens is 4. The van der Waals surface area contributed by atoms with E-state index in [1.807, 2.05) is 24.3 Å². The molecule has 3 aromatic carbocycles. The number of anilines is 2. The molecule has 2 unspecified atom stereocenters. The molecule has 9 N–H and O–H groups in total. The van der Waals surface area contributed by atoms with Gasteiger partial charge in [-0.2, -0.15) is 8.62 Å². The smallest absolute Gasteiger partial charge is 0.456 e. The molecule has 27 nitrogen and oxygen atoms in total. The second kappa shape index (κ2) is 23.6. The molecular formula is C54H68N10O17P3+. The number of alkyl carbamates (subject to hydrolysis) is 1. The molecule has 0 radical (unpaired) electrons. The summed E-state index contributed by atoms with van der Waals surface area (Å²) in [5, 5.41) is 18.4. The van der Waals surface area contributed by atoms with Crippen LogP contribution in [0.3, 0.4) is 0 Å². The molecule has 1 saturated heterocycles. The molecule has 1 fully saturated rings. The third-order valence-electron chi connectivity index (χ3n) is 15.0. The first-order chi connectivity index (χ1) is 39.4. The summed E-state index contributed by atoms with van der Waals surface area (Å²) in [6, 6.07) is 16.2. The number of imidazole rings is 1. The number of fused-ring (bicyclic) bond motifs is 5. The number of nitrogens with one attached hydrogen (secondary N) is 2. The van der Waals surface area contributed by atoms with Crippen LogP contribution in [0, 0.1) is 0 Å². The van der Waals surface area contributed by atoms with Gasteiger partial charge in [-0.25, -0.2) is 38.0 Å². The monoisotopic (exact) mass is 1220 g/mol. The van der Waals surface area contributed by atoms with Crippen LogP contribution in [-0.2, 0) is 41.1 Å². The van der Waals surface area contributed by atoms with Crippen LogP contribution >= 0.6 is 23.5 Å². The van der Waals surface area contributed by atoms with Crippen LogP contribution in [0.25, 0.3) is 27.9 Å². The van der Waals surface area contributed by atoms with Crippen LogP contribution in [0.15, 0.2) is 73.3 Å². The Labute approximate surface area is 482 Å². The molecule has 0 aliphatic carbocycles. The van der Waals surface area contributed by atoms with Gasteiger partial charge >= 0.3 is 29.6 Å². The van der Waals surface area contributed by atoms with Gasteiger partial charge in [0.05, 0.1) is 24.5 Å². The molecule has 4 aliphatic rings. The van der Waals surface area contributed by atoms with Gasteiger partial charge in [0, 0.05) is 98.3 Å². The average Bonchev–Trinajstić information content (AvgIpc) is 1.20. The van der Waals surface area contributed by atoms with E-state index in [-0.39, 0.29) is 72.3 Å². The lowest BCUT2D eigenvalue weighted by Crippen LogP contribution is -2.49. The van der Waals surface area contributed by atoms with Crippen molar-refractivity contribution in [1.82, 2.24) is 39.6 Å². The number of phosphoric ester groups is 1. The summed E-state index contributed by atoms with van der Waals surface area (Å²) in [6.07, 6.45) is -0.601. The maximum absolute atomic E-state index is 14.7. The van der Waals surface area contributed by atoms with Gasteiger partial charge in [0.1, 0.15) is 42.1 Å². The van der Waals surface area contributed by atoms with Gasteiger partial charge in [0.2, 0.25) is 11.3 Å². The molecule has 84 heavy (non-hydrogen) atoms. The van der Waals surface area contributed by atoms with Crippen molar-refractivity contribution >= 4 is 80.8 Å². The fourth-order valence-corrected chi connectivity index (χ4v) is 14.5. The van der Waals surface area contributed by atoms with E-state index in [2.05, 4.69) is 140 Å². The number of aliphatic hydroxyl groups is 1. The summed E-state index contributed by atoms with van der Waals surface area (Å²) in [5.41, 5.74) is 14.0. The lowest BCUT2D eigenvalue weighted by atomic mass is 9.83. The minimum Gasteiger partial charge on any atom is -0.456 e. The number of phosphoric acid groups is 3. The lowest BCUT2D eigenvalue weighted by molar-refractivity contribution is -0.121. The van der Waals surface area contributed by atoms with Crippen LogP contribution in [-0.4, -0.2) is 143 Å². The molecule has 30 heteroatoms. The molecule has 0 saturated carbocycles. The Kier molecular flexibility index (Phi) is 17.4. The Morgan fingerprint density at radius 3 is 2.30 bits per heavy atom. The van der Waals surface area contributed by atoms with Crippen LogP contribution in [0.5, 0.6) is 11.5 Å². The number of amides is 3. The van der Waals surface area contributed by atoms with Gasteiger partial charge < -0.3 is 65.1 Å². The van der Waals surface area contributed by atoms with Crippen LogP contribution in [0.1, 0.15) is 107 Å². The van der Waals surface area contributed by atoms with Gasteiger partial charge in [-0.05, 0) is 88.9 Å². The molecule has 9 rings (SSSR count). The Hall–Kier alpha value is -6.70. The predicted octanol–water partition coefficient (Wildman–Crippen LogP) is 4.85. The lowest BCUT2D eigenvalue weighted by Gasteiger charge is -2.43. The highest BCUT2D eigenvalue weighted by Gasteiger charge is 2.50. The number of hydrogen-bond donors (Lipinski definition) is 8. The summed E-state index contributed by atoms with van der Waals surface area (Å²) in [7, 11) is -15.5. The Morgan fingerprint density at radius 2 is 1.58 bits per heavy atom. The van der Waals surface area contributed by atoms with E-state index in [1.54, 1.807) is 11.9 Å². The predicted molar refractivity (Wildman–Crippen MR) is 307 cm³/mol. The first-order valence-corrected chi connectivity index (χ1v) is 31.4. The number of nitrogens with two attached hydrogens (primary N) is 1. The second-order valence-corrected chi connectivity index (χ2v) is 26.1. The minimum atomic E-state index is -5.88. The van der Waals surface area contributed by atoms with Crippen molar-refractivity contribution in [2.24, 2.45) is 0 Å². The SMILES string of the molecule is CCN1c2cc3c(cc2C(C)=CC1(C)C)C(c1ccccc1C(=O)N(C)CCCC(=O)NCCNC(=O)O[C@@H]1[C@H](O)[C@@H](COP(=O)(O)OP(=O)(O)OP(=O)(O)O)O[C@H]1n1cnc2c(N)ncnc21)=c1cc2c(cc1O3)=[N+](CC)C(C)(C)C=C2C. The van der Waals surface area contributed by atoms with E-state index >= 15 is 0 Å². The zero-order valence-corrected chi connectivity index (χ0v) is 50.3. The number of rotatable bonds is 20. The topological polar surface area (TPSA) is 362 Å². The third-order valence-corrected chi connectivity index (χ3v) is 18.8. The quantitative estimate of drug-likeness (QED) is 0.0287. The number of carbonyl (C=O) groups excluding carboxylic acids is 3. The molecule has 6 heterocycles. The number of allylic oxidation sites excluding steroid dienone is 2. The molecule has 2 aromatic heterocycles. The summed E-state index contributed by atoms with van der Waals surface area (Å²) in [4.78, 5) is 94.4. The first kappa shape index (κ1) is 61.8. The zero-order chi connectivity index (χ0) is 61.0. The standard InChI is InChI=1S/C54H67N10O17P3/c1-10-63-38-23-40-36(21-34(38)30(3)25-53(63,5)6)44(37-22-35-31(4)26-54(7,8)64(11-2)39(35)24-41(37)77-40)32-15-12-13-16-33(32)50(67)61(9)20-14-17-43(65)56-18-19-57-52(68)79-47-46(66)42(27-76-83(72,73)81-84(74,75)80-82(69,70)71)78-51(47)62-29-60-45-48(55)58-28-59-49(45)62/h12-13,15-16,21-26,28-29,42,46-47,51,66H,10-11,14,17-20,27H2,1-9H3,(H7-,55,56,57,58,59,65,68,69,70,71,72,73,74,75)/p+1/t42-,46-,47-,51-/m1/s1. The summed E-state index contributed by atoms with van der Waals surface area (Å²) in [5.74, 6) is 0.704. The van der Waals surface area contributed by atoms with E-state index in [0.717, 1.165) is 74.7 Å². The minimum absolute atomic E-state index is 0.0222. The second-order valence-electron chi connectivity index (χ2n) is 21.7. The molecule has 450 valence electrons. The number of nitrogen functional groups attached to an aromatic ring is 1. The van der Waals surface area contributed by atoms with Gasteiger partial charge in [0.25, 0.3) is 5.91 Å². The van der Waals surface area contributed by atoms with E-state index < -0.39 is 60.7 Å². The molecule has 0 spiro atoms.